The lowest BCUT2D eigenvalue weighted by Gasteiger charge is -2.41. The topological polar surface area (TPSA) is 41.1 Å². The van der Waals surface area contributed by atoms with Crippen LogP contribution >= 0.6 is 0 Å². The first-order chi connectivity index (χ1) is 16.9. The number of rotatable bonds is 7. The predicted octanol–water partition coefficient (Wildman–Crippen LogP) is 6.65. The number of imidazole rings is 1. The summed E-state index contributed by atoms with van der Waals surface area (Å²) in [5, 5.41) is 0. The second-order valence-corrected chi connectivity index (χ2v) is 10.2. The van der Waals surface area contributed by atoms with Gasteiger partial charge in [0.15, 0.2) is 5.72 Å². The Kier molecular flexibility index (Phi) is 6.08. The Bertz CT molecular complexity index is 1290. The minimum absolute atomic E-state index is 0.121. The lowest BCUT2D eigenvalue weighted by molar-refractivity contribution is -0.111. The minimum atomic E-state index is -0.766. The van der Waals surface area contributed by atoms with Gasteiger partial charge in [0.25, 0.3) is 0 Å². The zero-order valence-electron chi connectivity index (χ0n) is 20.8. The second kappa shape index (κ2) is 9.20. The molecule has 1 atom stereocenters. The number of benzene rings is 3. The Morgan fingerprint density at radius 2 is 1.66 bits per heavy atom. The van der Waals surface area contributed by atoms with Crippen molar-refractivity contribution in [3.05, 3.63) is 131 Å². The van der Waals surface area contributed by atoms with E-state index < -0.39 is 5.72 Å². The Morgan fingerprint density at radius 1 is 0.943 bits per heavy atom. The van der Waals surface area contributed by atoms with Crippen molar-refractivity contribution >= 4 is 5.70 Å². The molecule has 3 aromatic carbocycles. The third-order valence-corrected chi connectivity index (χ3v) is 6.90. The van der Waals surface area contributed by atoms with Crippen LogP contribution in [-0.4, -0.2) is 21.4 Å². The van der Waals surface area contributed by atoms with Crippen molar-refractivity contribution in [2.45, 2.75) is 44.9 Å². The standard InChI is InChI=1S/C31H33N3O/c1-23-28-12-8-9-13-29(28)31(26-10-6-5-7-11-26,34(23)19-18-27-20-32-22-33-27)35-21-24-14-16-25(17-15-24)30(2,3)4/h5-17,20,22H,1,18-19,21H2,2-4H3,(H,32,33). The molecule has 35 heavy (non-hydrogen) atoms. The van der Waals surface area contributed by atoms with Crippen LogP contribution in [0, 0.1) is 0 Å². The quantitative estimate of drug-likeness (QED) is 0.333. The van der Waals surface area contributed by atoms with Gasteiger partial charge in [0.05, 0.1) is 12.9 Å². The van der Waals surface area contributed by atoms with Crippen LogP contribution in [-0.2, 0) is 28.9 Å². The molecule has 0 spiro atoms. The zero-order chi connectivity index (χ0) is 24.5. The molecule has 2 heterocycles. The third kappa shape index (κ3) is 4.30. The molecule has 0 aliphatic carbocycles. The number of nitrogens with one attached hydrogen (secondary N) is 1. The van der Waals surface area contributed by atoms with Gasteiger partial charge in [-0.3, -0.25) is 0 Å². The van der Waals surface area contributed by atoms with Crippen LogP contribution in [0.4, 0.5) is 0 Å². The number of hydrogen-bond acceptors (Lipinski definition) is 3. The molecular formula is C31H33N3O. The summed E-state index contributed by atoms with van der Waals surface area (Å²) < 4.78 is 7.01. The van der Waals surface area contributed by atoms with E-state index in [0.717, 1.165) is 46.6 Å². The Labute approximate surface area is 208 Å². The van der Waals surface area contributed by atoms with Gasteiger partial charge in [-0.25, -0.2) is 4.98 Å². The van der Waals surface area contributed by atoms with Gasteiger partial charge >= 0.3 is 0 Å². The van der Waals surface area contributed by atoms with Crippen molar-refractivity contribution in [3.8, 4) is 0 Å². The summed E-state index contributed by atoms with van der Waals surface area (Å²) in [7, 11) is 0. The summed E-state index contributed by atoms with van der Waals surface area (Å²) in [6.45, 7) is 12.5. The molecule has 1 aliphatic rings. The number of aromatic amines is 1. The highest BCUT2D eigenvalue weighted by Gasteiger charge is 2.49. The molecule has 0 amide bonds. The molecular weight excluding hydrogens is 430 g/mol. The van der Waals surface area contributed by atoms with E-state index in [1.165, 1.54) is 5.56 Å². The van der Waals surface area contributed by atoms with Gasteiger partial charge < -0.3 is 14.6 Å². The highest BCUT2D eigenvalue weighted by Crippen LogP contribution is 2.50. The van der Waals surface area contributed by atoms with E-state index in [0.29, 0.717) is 6.61 Å². The van der Waals surface area contributed by atoms with E-state index in [1.807, 2.05) is 12.3 Å². The van der Waals surface area contributed by atoms with E-state index in [1.54, 1.807) is 6.33 Å². The minimum Gasteiger partial charge on any atom is -0.348 e. The number of ether oxygens (including phenoxy) is 1. The fraction of sp³-hybridized carbons (Fsp3) is 0.258. The van der Waals surface area contributed by atoms with Crippen LogP contribution in [0.1, 0.15) is 54.3 Å². The molecule has 1 N–H and O–H groups in total. The second-order valence-electron chi connectivity index (χ2n) is 10.2. The average molecular weight is 464 g/mol. The summed E-state index contributed by atoms with van der Waals surface area (Å²) in [6, 6.07) is 27.8. The highest BCUT2D eigenvalue weighted by atomic mass is 16.5. The SMILES string of the molecule is C=C1c2ccccc2C(OCc2ccc(C(C)(C)C)cc2)(c2ccccc2)N1CCc1cnc[nH]1. The number of nitrogens with zero attached hydrogens (tertiary/aromatic N) is 2. The van der Waals surface area contributed by atoms with Gasteiger partial charge in [-0.15, -0.1) is 0 Å². The van der Waals surface area contributed by atoms with Gasteiger partial charge in [-0.1, -0.05) is 106 Å². The van der Waals surface area contributed by atoms with Gasteiger partial charge in [0.2, 0.25) is 0 Å². The summed E-state index contributed by atoms with van der Waals surface area (Å²) in [4.78, 5) is 9.74. The number of fused-ring (bicyclic) bond motifs is 1. The molecule has 0 saturated carbocycles. The van der Waals surface area contributed by atoms with Crippen LogP contribution in [0.3, 0.4) is 0 Å². The summed E-state index contributed by atoms with van der Waals surface area (Å²) in [6.07, 6.45) is 4.42. The van der Waals surface area contributed by atoms with E-state index >= 15 is 0 Å². The maximum absolute atomic E-state index is 7.01. The summed E-state index contributed by atoms with van der Waals surface area (Å²) in [5.41, 5.74) is 7.25. The molecule has 4 nitrogen and oxygen atoms in total. The number of H-pyrrole nitrogens is 1. The summed E-state index contributed by atoms with van der Waals surface area (Å²) in [5.74, 6) is 0. The molecule has 0 bridgehead atoms. The van der Waals surface area contributed by atoms with Crippen LogP contribution in [0.5, 0.6) is 0 Å². The Balaban J connectivity index is 1.55. The maximum atomic E-state index is 7.01. The van der Waals surface area contributed by atoms with Crippen molar-refractivity contribution in [2.24, 2.45) is 0 Å². The van der Waals surface area contributed by atoms with Crippen LogP contribution in [0.15, 0.2) is 98.0 Å². The average Bonchev–Trinajstić information content (AvgIpc) is 3.47. The molecule has 1 aromatic heterocycles. The van der Waals surface area contributed by atoms with Crippen molar-refractivity contribution in [1.29, 1.82) is 0 Å². The maximum Gasteiger partial charge on any atom is 0.195 e. The Hall–Kier alpha value is -3.63. The molecule has 1 unspecified atom stereocenters. The van der Waals surface area contributed by atoms with Crippen molar-refractivity contribution < 1.29 is 4.74 Å². The van der Waals surface area contributed by atoms with Crippen LogP contribution in [0.2, 0.25) is 0 Å². The highest BCUT2D eigenvalue weighted by molar-refractivity contribution is 5.73. The molecule has 1 aliphatic heterocycles. The molecule has 0 radical (unpaired) electrons. The lowest BCUT2D eigenvalue weighted by Crippen LogP contribution is -2.44. The zero-order valence-corrected chi connectivity index (χ0v) is 20.8. The molecule has 0 fully saturated rings. The van der Waals surface area contributed by atoms with Gasteiger partial charge in [0.1, 0.15) is 0 Å². The normalized spacial score (nSPS) is 17.6. The fourth-order valence-electron chi connectivity index (χ4n) is 4.96. The van der Waals surface area contributed by atoms with E-state index in [9.17, 15) is 0 Å². The smallest absolute Gasteiger partial charge is 0.195 e. The molecule has 4 heteroatoms. The van der Waals surface area contributed by atoms with Gasteiger partial charge in [-0.05, 0) is 16.5 Å². The van der Waals surface area contributed by atoms with Crippen LogP contribution < -0.4 is 0 Å². The first kappa shape index (κ1) is 23.1. The van der Waals surface area contributed by atoms with Crippen molar-refractivity contribution in [3.63, 3.8) is 0 Å². The van der Waals surface area contributed by atoms with Crippen LogP contribution in [0.25, 0.3) is 5.70 Å². The number of hydrogen-bond donors (Lipinski definition) is 1. The van der Waals surface area contributed by atoms with E-state index in [4.69, 9.17) is 4.74 Å². The molecule has 178 valence electrons. The number of aromatic nitrogens is 2. The predicted molar refractivity (Wildman–Crippen MR) is 142 cm³/mol. The first-order valence-corrected chi connectivity index (χ1v) is 12.2. The fourth-order valence-corrected chi connectivity index (χ4v) is 4.96. The van der Waals surface area contributed by atoms with E-state index in [2.05, 4.69) is 115 Å². The van der Waals surface area contributed by atoms with Gasteiger partial charge in [-0.2, -0.15) is 0 Å². The van der Waals surface area contributed by atoms with E-state index in [-0.39, 0.29) is 5.41 Å². The van der Waals surface area contributed by atoms with Crippen molar-refractivity contribution in [2.75, 3.05) is 6.54 Å². The van der Waals surface area contributed by atoms with Crippen molar-refractivity contribution in [1.82, 2.24) is 14.9 Å². The summed E-state index contributed by atoms with van der Waals surface area (Å²) >= 11 is 0. The first-order valence-electron chi connectivity index (χ1n) is 12.2. The Morgan fingerprint density at radius 3 is 2.34 bits per heavy atom. The largest absolute Gasteiger partial charge is 0.348 e. The molecule has 0 saturated heterocycles. The molecule has 5 rings (SSSR count). The lowest BCUT2D eigenvalue weighted by atomic mass is 9.87. The molecule has 4 aromatic rings. The third-order valence-electron chi connectivity index (χ3n) is 6.90. The van der Waals surface area contributed by atoms with Gasteiger partial charge in [0, 0.05) is 47.2 Å². The monoisotopic (exact) mass is 463 g/mol.